The maximum Gasteiger partial charge on any atom is 0.265 e. The first kappa shape index (κ1) is 18.0. The van der Waals surface area contributed by atoms with Gasteiger partial charge in [0, 0.05) is 17.3 Å². The molecular weight excluding hydrogens is 409 g/mol. The van der Waals surface area contributed by atoms with Crippen molar-refractivity contribution in [2.75, 3.05) is 12.1 Å². The van der Waals surface area contributed by atoms with E-state index in [0.29, 0.717) is 44.5 Å². The van der Waals surface area contributed by atoms with Crippen LogP contribution in [0.3, 0.4) is 0 Å². The molecule has 27 heavy (non-hydrogen) atoms. The number of benzene rings is 2. The molecule has 0 spiro atoms. The van der Waals surface area contributed by atoms with Crippen molar-refractivity contribution in [2.45, 2.75) is 6.61 Å². The van der Waals surface area contributed by atoms with Gasteiger partial charge >= 0.3 is 0 Å². The van der Waals surface area contributed by atoms with Crippen LogP contribution in [0.25, 0.3) is 0 Å². The Morgan fingerprint density at radius 2 is 1.93 bits per heavy atom. The summed E-state index contributed by atoms with van der Waals surface area (Å²) in [5.74, 6) is 1.83. The quantitative estimate of drug-likeness (QED) is 0.580. The van der Waals surface area contributed by atoms with Crippen LogP contribution >= 0.6 is 34.5 Å². The summed E-state index contributed by atoms with van der Waals surface area (Å²) in [6, 6.07) is 12.2. The van der Waals surface area contributed by atoms with E-state index in [4.69, 9.17) is 37.4 Å². The number of carbonyl (C=O) groups excluding carboxylic acids is 1. The van der Waals surface area contributed by atoms with Crippen LogP contribution in [0.1, 0.15) is 15.2 Å². The summed E-state index contributed by atoms with van der Waals surface area (Å²) in [6.45, 7) is 0.566. The molecule has 0 bridgehead atoms. The Morgan fingerprint density at radius 3 is 2.78 bits per heavy atom. The van der Waals surface area contributed by atoms with Crippen LogP contribution in [0, 0.1) is 0 Å². The van der Waals surface area contributed by atoms with Crippen LogP contribution in [-0.4, -0.2) is 12.7 Å². The molecule has 3 aromatic rings. The predicted octanol–water partition coefficient (Wildman–Crippen LogP) is 5.61. The van der Waals surface area contributed by atoms with Crippen molar-refractivity contribution in [3.63, 3.8) is 0 Å². The van der Waals surface area contributed by atoms with Gasteiger partial charge in [-0.1, -0.05) is 23.2 Å². The van der Waals surface area contributed by atoms with Gasteiger partial charge in [0.2, 0.25) is 6.79 Å². The Morgan fingerprint density at radius 1 is 1.07 bits per heavy atom. The Bertz CT molecular complexity index is 1010. The molecule has 1 amide bonds. The average molecular weight is 422 g/mol. The monoisotopic (exact) mass is 421 g/mol. The Kier molecular flexibility index (Phi) is 5.11. The number of ether oxygens (including phenoxy) is 3. The standard InChI is InChI=1S/C19H13Cl2NO4S/c20-14-3-1-12(6-15(14)21)22-19(23)18-5-11(9-27-18)8-24-13-2-4-16-17(7-13)26-10-25-16/h1-7,9H,8,10H2,(H,22,23). The zero-order valence-corrected chi connectivity index (χ0v) is 16.2. The van der Waals surface area contributed by atoms with E-state index in [-0.39, 0.29) is 12.7 Å². The van der Waals surface area contributed by atoms with Crippen molar-refractivity contribution in [3.8, 4) is 17.2 Å². The minimum Gasteiger partial charge on any atom is -0.489 e. The highest BCUT2D eigenvalue weighted by atomic mass is 35.5. The third-order valence-electron chi connectivity index (χ3n) is 3.80. The third kappa shape index (κ3) is 4.13. The van der Waals surface area contributed by atoms with E-state index >= 15 is 0 Å². The van der Waals surface area contributed by atoms with Crippen LogP contribution < -0.4 is 19.5 Å². The van der Waals surface area contributed by atoms with Crippen LogP contribution in [0.2, 0.25) is 10.0 Å². The van der Waals surface area contributed by atoms with Crippen molar-refractivity contribution in [3.05, 3.63) is 68.3 Å². The summed E-state index contributed by atoms with van der Waals surface area (Å²) in [7, 11) is 0. The number of fused-ring (bicyclic) bond motifs is 1. The lowest BCUT2D eigenvalue weighted by atomic mass is 10.3. The molecule has 1 aliphatic rings. The minimum atomic E-state index is -0.215. The molecule has 0 fully saturated rings. The van der Waals surface area contributed by atoms with Gasteiger partial charge in [0.15, 0.2) is 11.5 Å². The molecule has 138 valence electrons. The maximum absolute atomic E-state index is 12.4. The SMILES string of the molecule is O=C(Nc1ccc(Cl)c(Cl)c1)c1cc(COc2ccc3c(c2)OCO3)cs1. The molecule has 8 heteroatoms. The highest BCUT2D eigenvalue weighted by Gasteiger charge is 2.14. The topological polar surface area (TPSA) is 56.8 Å². The van der Waals surface area contributed by atoms with Crippen molar-refractivity contribution in [1.29, 1.82) is 0 Å². The second-order valence-electron chi connectivity index (χ2n) is 5.71. The number of rotatable bonds is 5. The van der Waals surface area contributed by atoms with Crippen LogP contribution in [0.15, 0.2) is 47.8 Å². The lowest BCUT2D eigenvalue weighted by molar-refractivity contribution is 0.103. The highest BCUT2D eigenvalue weighted by Crippen LogP contribution is 2.35. The van der Waals surface area contributed by atoms with Gasteiger partial charge in [0.05, 0.1) is 14.9 Å². The van der Waals surface area contributed by atoms with Gasteiger partial charge < -0.3 is 19.5 Å². The molecule has 0 saturated carbocycles. The second-order valence-corrected chi connectivity index (χ2v) is 7.43. The minimum absolute atomic E-state index is 0.215. The first-order chi connectivity index (χ1) is 13.1. The van der Waals surface area contributed by atoms with Gasteiger partial charge in [-0.25, -0.2) is 0 Å². The molecule has 0 saturated heterocycles. The Hall–Kier alpha value is -2.41. The molecule has 2 heterocycles. The van der Waals surface area contributed by atoms with Crippen molar-refractivity contribution in [2.24, 2.45) is 0 Å². The van der Waals surface area contributed by atoms with Crippen molar-refractivity contribution in [1.82, 2.24) is 0 Å². The first-order valence-corrected chi connectivity index (χ1v) is 9.58. The molecule has 5 nitrogen and oxygen atoms in total. The van der Waals surface area contributed by atoms with E-state index in [1.165, 1.54) is 11.3 Å². The summed E-state index contributed by atoms with van der Waals surface area (Å²) in [6.07, 6.45) is 0. The van der Waals surface area contributed by atoms with Crippen LogP contribution in [-0.2, 0) is 6.61 Å². The number of hydrogen-bond donors (Lipinski definition) is 1. The number of thiophene rings is 1. The maximum atomic E-state index is 12.4. The van der Waals surface area contributed by atoms with E-state index in [9.17, 15) is 4.79 Å². The summed E-state index contributed by atoms with van der Waals surface area (Å²) in [5, 5.41) is 5.51. The largest absolute Gasteiger partial charge is 0.489 e. The van der Waals surface area contributed by atoms with Gasteiger partial charge in [-0.15, -0.1) is 11.3 Å². The molecule has 0 unspecified atom stereocenters. The molecule has 4 rings (SSSR count). The second kappa shape index (κ2) is 7.68. The van der Waals surface area contributed by atoms with E-state index in [1.54, 1.807) is 36.4 Å². The van der Waals surface area contributed by atoms with E-state index in [0.717, 1.165) is 5.56 Å². The lowest BCUT2D eigenvalue weighted by Gasteiger charge is -2.06. The summed E-state index contributed by atoms with van der Waals surface area (Å²) < 4.78 is 16.4. The van der Waals surface area contributed by atoms with Gasteiger partial charge in [-0.05, 0) is 41.8 Å². The van der Waals surface area contributed by atoms with Crippen LogP contribution in [0.5, 0.6) is 17.2 Å². The summed E-state index contributed by atoms with van der Waals surface area (Å²) in [5.41, 5.74) is 1.48. The fourth-order valence-electron chi connectivity index (χ4n) is 2.47. The van der Waals surface area contributed by atoms with E-state index in [1.807, 2.05) is 11.4 Å². The molecule has 1 N–H and O–H groups in total. The fraction of sp³-hybridized carbons (Fsp3) is 0.105. The molecule has 0 atom stereocenters. The van der Waals surface area contributed by atoms with Gasteiger partial charge in [-0.3, -0.25) is 4.79 Å². The first-order valence-electron chi connectivity index (χ1n) is 7.95. The van der Waals surface area contributed by atoms with Crippen molar-refractivity contribution < 1.29 is 19.0 Å². The van der Waals surface area contributed by atoms with Crippen molar-refractivity contribution >= 4 is 46.1 Å². The predicted molar refractivity (Wildman–Crippen MR) is 106 cm³/mol. The van der Waals surface area contributed by atoms with Gasteiger partial charge in [0.25, 0.3) is 5.91 Å². The number of nitrogens with one attached hydrogen (secondary N) is 1. The van der Waals surface area contributed by atoms with E-state index < -0.39 is 0 Å². The Balaban J connectivity index is 1.37. The van der Waals surface area contributed by atoms with Crippen LogP contribution in [0.4, 0.5) is 5.69 Å². The smallest absolute Gasteiger partial charge is 0.265 e. The highest BCUT2D eigenvalue weighted by molar-refractivity contribution is 7.12. The number of hydrogen-bond acceptors (Lipinski definition) is 5. The third-order valence-corrected chi connectivity index (χ3v) is 5.52. The molecule has 0 radical (unpaired) electrons. The normalized spacial score (nSPS) is 12.1. The molecule has 1 aliphatic heterocycles. The number of carbonyl (C=O) groups is 1. The molecule has 2 aromatic carbocycles. The lowest BCUT2D eigenvalue weighted by Crippen LogP contribution is -2.10. The summed E-state index contributed by atoms with van der Waals surface area (Å²) >= 11 is 13.2. The molecule has 0 aliphatic carbocycles. The average Bonchev–Trinajstić information content (AvgIpc) is 3.31. The number of anilines is 1. The van der Waals surface area contributed by atoms with Gasteiger partial charge in [0.1, 0.15) is 12.4 Å². The summed E-state index contributed by atoms with van der Waals surface area (Å²) in [4.78, 5) is 13.0. The van der Waals surface area contributed by atoms with E-state index in [2.05, 4.69) is 5.32 Å². The number of amides is 1. The zero-order chi connectivity index (χ0) is 18.8. The Labute approximate surface area is 169 Å². The molecule has 1 aromatic heterocycles. The number of halogens is 2. The zero-order valence-electron chi connectivity index (χ0n) is 13.8. The molecular formula is C19H13Cl2NO4S. The fourth-order valence-corrected chi connectivity index (χ4v) is 3.56. The van der Waals surface area contributed by atoms with Gasteiger partial charge in [-0.2, -0.15) is 0 Å².